The average Bonchev–Trinajstić information content (AvgIpc) is 3.44. The van der Waals surface area contributed by atoms with Crippen molar-refractivity contribution in [1.29, 1.82) is 0 Å². The maximum atomic E-state index is 12.9. The van der Waals surface area contributed by atoms with Gasteiger partial charge in [0.1, 0.15) is 21.0 Å². The third-order valence-electron chi connectivity index (χ3n) is 4.28. The summed E-state index contributed by atoms with van der Waals surface area (Å²) < 4.78 is 44.1. The van der Waals surface area contributed by atoms with Gasteiger partial charge in [-0.3, -0.25) is 9.59 Å². The number of nitrogens with one attached hydrogen (secondary N) is 2. The van der Waals surface area contributed by atoms with Crippen LogP contribution < -0.4 is 10.6 Å². The van der Waals surface area contributed by atoms with Crippen LogP contribution in [-0.4, -0.2) is 33.3 Å². The number of amides is 2. The van der Waals surface area contributed by atoms with E-state index >= 15 is 0 Å². The number of hydrogen-bond donors (Lipinski definition) is 2. The normalized spacial score (nSPS) is 12.3. The third-order valence-corrected chi connectivity index (χ3v) is 7.77. The second-order valence-electron chi connectivity index (χ2n) is 6.32. The smallest absolute Gasteiger partial charge is 0.309 e. The molecule has 0 aliphatic carbocycles. The molecule has 0 saturated carbocycles. The van der Waals surface area contributed by atoms with Crippen molar-refractivity contribution in [3.63, 3.8) is 0 Å². The molecule has 2 aromatic heterocycles. The van der Waals surface area contributed by atoms with E-state index in [9.17, 15) is 22.4 Å². The molecule has 0 fully saturated rings. The van der Waals surface area contributed by atoms with Gasteiger partial charge >= 0.3 is 11.8 Å². The van der Waals surface area contributed by atoms with Crippen LogP contribution in [0.3, 0.4) is 0 Å². The van der Waals surface area contributed by atoms with Gasteiger partial charge in [0.25, 0.3) is 0 Å². The molecule has 30 heavy (non-hydrogen) atoms. The summed E-state index contributed by atoms with van der Waals surface area (Å²) in [7, 11) is -3.81. The molecule has 1 aromatic carbocycles. The monoisotopic (exact) mass is 450 g/mol. The number of halogens is 1. The highest BCUT2D eigenvalue weighted by atomic mass is 32.2. The van der Waals surface area contributed by atoms with Crippen LogP contribution in [0, 0.1) is 5.82 Å². The van der Waals surface area contributed by atoms with Gasteiger partial charge in [-0.25, -0.2) is 12.8 Å². The first kappa shape index (κ1) is 21.7. The Hall–Kier alpha value is -2.98. The predicted octanol–water partition coefficient (Wildman–Crippen LogP) is 2.47. The fourth-order valence-corrected chi connectivity index (χ4v) is 5.51. The summed E-state index contributed by atoms with van der Waals surface area (Å²) in [4.78, 5) is 24.1. The Kier molecular flexibility index (Phi) is 7.01. The minimum absolute atomic E-state index is 0.141. The summed E-state index contributed by atoms with van der Waals surface area (Å²) in [6, 6.07) is 11.9. The molecule has 2 amide bonds. The maximum Gasteiger partial charge on any atom is 0.309 e. The van der Waals surface area contributed by atoms with Gasteiger partial charge < -0.3 is 15.1 Å². The second kappa shape index (κ2) is 9.68. The van der Waals surface area contributed by atoms with Crippen molar-refractivity contribution in [1.82, 2.24) is 10.6 Å². The van der Waals surface area contributed by atoms with Crippen molar-refractivity contribution in [2.75, 3.05) is 13.1 Å². The van der Waals surface area contributed by atoms with Crippen LogP contribution in [0.1, 0.15) is 16.6 Å². The molecule has 0 spiro atoms. The standard InChI is InChI=1S/C20H19FN2O5S2/c21-15-7-5-14(6-8-15)9-10-22-19(24)20(25)23-13-17(16-3-1-11-28-16)30(26,27)18-4-2-12-29-18/h1-8,11-12,17H,9-10,13H2,(H,22,24)(H,23,25)/t17-/m1/s1. The van der Waals surface area contributed by atoms with E-state index in [0.717, 1.165) is 16.9 Å². The lowest BCUT2D eigenvalue weighted by molar-refractivity contribution is -0.139. The van der Waals surface area contributed by atoms with E-state index in [1.54, 1.807) is 29.6 Å². The van der Waals surface area contributed by atoms with E-state index < -0.39 is 26.9 Å². The number of furan rings is 1. The number of thiophene rings is 1. The zero-order chi connectivity index (χ0) is 21.6. The largest absolute Gasteiger partial charge is 0.468 e. The Morgan fingerprint density at radius 2 is 1.77 bits per heavy atom. The molecule has 0 aliphatic rings. The fraction of sp³-hybridized carbons (Fsp3) is 0.200. The van der Waals surface area contributed by atoms with Gasteiger partial charge in [0.05, 0.1) is 6.26 Å². The second-order valence-corrected chi connectivity index (χ2v) is 9.63. The number of benzene rings is 1. The summed E-state index contributed by atoms with van der Waals surface area (Å²) in [6.45, 7) is -0.148. The minimum atomic E-state index is -3.81. The molecule has 3 rings (SSSR count). The first-order valence-electron chi connectivity index (χ1n) is 8.99. The summed E-state index contributed by atoms with van der Waals surface area (Å²) in [6.07, 6.45) is 1.76. The summed E-state index contributed by atoms with van der Waals surface area (Å²) >= 11 is 1.06. The van der Waals surface area contributed by atoms with Crippen molar-refractivity contribution < 1.29 is 26.8 Å². The van der Waals surface area contributed by atoms with Crippen LogP contribution in [0.15, 0.2) is 68.8 Å². The highest BCUT2D eigenvalue weighted by molar-refractivity contribution is 7.93. The van der Waals surface area contributed by atoms with Crippen molar-refractivity contribution in [2.45, 2.75) is 15.9 Å². The highest BCUT2D eigenvalue weighted by Crippen LogP contribution is 2.31. The molecule has 1 atom stereocenters. The minimum Gasteiger partial charge on any atom is -0.468 e. The zero-order valence-electron chi connectivity index (χ0n) is 15.7. The number of sulfone groups is 1. The van der Waals surface area contributed by atoms with Gasteiger partial charge in [-0.2, -0.15) is 0 Å². The van der Waals surface area contributed by atoms with Gasteiger partial charge in [-0.15, -0.1) is 11.3 Å². The molecule has 158 valence electrons. The zero-order valence-corrected chi connectivity index (χ0v) is 17.3. The van der Waals surface area contributed by atoms with Crippen molar-refractivity contribution in [3.8, 4) is 0 Å². The number of carbonyl (C=O) groups excluding carboxylic acids is 2. The quantitative estimate of drug-likeness (QED) is 0.513. The van der Waals surface area contributed by atoms with Crippen LogP contribution in [0.4, 0.5) is 4.39 Å². The van der Waals surface area contributed by atoms with Crippen molar-refractivity contribution in [2.24, 2.45) is 0 Å². The van der Waals surface area contributed by atoms with Gasteiger partial charge in [-0.1, -0.05) is 18.2 Å². The predicted molar refractivity (Wildman–Crippen MR) is 109 cm³/mol. The lowest BCUT2D eigenvalue weighted by Crippen LogP contribution is -2.42. The lowest BCUT2D eigenvalue weighted by Gasteiger charge is -2.15. The summed E-state index contributed by atoms with van der Waals surface area (Å²) in [5.41, 5.74) is 0.803. The third kappa shape index (κ3) is 5.33. The van der Waals surface area contributed by atoms with Crippen LogP contribution in [0.2, 0.25) is 0 Å². The van der Waals surface area contributed by atoms with Gasteiger partial charge in [0.15, 0.2) is 9.84 Å². The Morgan fingerprint density at radius 1 is 1.03 bits per heavy atom. The molecule has 0 bridgehead atoms. The molecule has 2 heterocycles. The van der Waals surface area contributed by atoms with Crippen LogP contribution in [-0.2, 0) is 25.8 Å². The van der Waals surface area contributed by atoms with Crippen LogP contribution in [0.25, 0.3) is 0 Å². The molecule has 10 heteroatoms. The Labute approximate surface area is 176 Å². The highest BCUT2D eigenvalue weighted by Gasteiger charge is 2.33. The molecule has 7 nitrogen and oxygen atoms in total. The Balaban J connectivity index is 1.57. The molecule has 0 saturated heterocycles. The van der Waals surface area contributed by atoms with E-state index in [1.165, 1.54) is 30.5 Å². The van der Waals surface area contributed by atoms with Crippen molar-refractivity contribution >= 4 is 33.0 Å². The molecule has 2 N–H and O–H groups in total. The first-order chi connectivity index (χ1) is 14.4. The SMILES string of the molecule is O=C(NCCc1ccc(F)cc1)C(=O)NC[C@H](c1ccco1)S(=O)(=O)c1cccs1. The van der Waals surface area contributed by atoms with E-state index in [4.69, 9.17) is 4.42 Å². The Morgan fingerprint density at radius 3 is 2.40 bits per heavy atom. The summed E-state index contributed by atoms with van der Waals surface area (Å²) in [5, 5.41) is 5.29. The first-order valence-corrected chi connectivity index (χ1v) is 11.4. The maximum absolute atomic E-state index is 12.9. The fourth-order valence-electron chi connectivity index (χ4n) is 2.72. The number of carbonyl (C=O) groups is 2. The lowest BCUT2D eigenvalue weighted by atomic mass is 10.1. The molecule has 0 aliphatic heterocycles. The van der Waals surface area contributed by atoms with E-state index in [0.29, 0.717) is 6.42 Å². The van der Waals surface area contributed by atoms with Crippen molar-refractivity contribution in [3.05, 3.63) is 77.3 Å². The topological polar surface area (TPSA) is 105 Å². The van der Waals surface area contributed by atoms with Crippen LogP contribution in [0.5, 0.6) is 0 Å². The molecular formula is C20H19FN2O5S2. The number of hydrogen-bond acceptors (Lipinski definition) is 6. The van der Waals surface area contributed by atoms with E-state index in [-0.39, 0.29) is 28.9 Å². The van der Waals surface area contributed by atoms with Crippen LogP contribution >= 0.6 is 11.3 Å². The molecule has 3 aromatic rings. The Bertz CT molecular complexity index is 1080. The van der Waals surface area contributed by atoms with Gasteiger partial charge in [0, 0.05) is 13.1 Å². The number of rotatable bonds is 8. The average molecular weight is 451 g/mol. The summed E-state index contributed by atoms with van der Waals surface area (Å²) in [5.74, 6) is -2.03. The van der Waals surface area contributed by atoms with E-state index in [1.807, 2.05) is 0 Å². The van der Waals surface area contributed by atoms with Gasteiger partial charge in [0.2, 0.25) is 0 Å². The van der Waals surface area contributed by atoms with Gasteiger partial charge in [-0.05, 0) is 47.7 Å². The molecular weight excluding hydrogens is 431 g/mol. The van der Waals surface area contributed by atoms with E-state index in [2.05, 4.69) is 10.6 Å². The molecule has 0 radical (unpaired) electrons. The molecule has 0 unspecified atom stereocenters.